The van der Waals surface area contributed by atoms with Gasteiger partial charge < -0.3 is 21.7 Å². The zero-order valence-corrected chi connectivity index (χ0v) is 7.40. The van der Waals surface area contributed by atoms with E-state index in [4.69, 9.17) is 5.11 Å². The van der Waals surface area contributed by atoms with Crippen molar-refractivity contribution in [2.75, 3.05) is 7.11 Å². The second-order valence-corrected chi connectivity index (χ2v) is 1.48. The normalized spacial score (nSPS) is 7.46. The first-order valence-corrected chi connectivity index (χ1v) is 2.88. The van der Waals surface area contributed by atoms with Gasteiger partial charge in [0.2, 0.25) is 5.91 Å². The van der Waals surface area contributed by atoms with E-state index in [1.807, 2.05) is 0 Å². The Balaban J connectivity index is -0.000000173. The van der Waals surface area contributed by atoms with Gasteiger partial charge in [-0.15, -0.1) is 0 Å². The zero-order valence-electron chi connectivity index (χ0n) is 7.40. The number of rotatable bonds is 3. The fourth-order valence-corrected chi connectivity index (χ4v) is 0.153. The second kappa shape index (κ2) is 12.8. The van der Waals surface area contributed by atoms with Crippen LogP contribution in [0.2, 0.25) is 0 Å². The van der Waals surface area contributed by atoms with Crippen LogP contribution < -0.4 is 11.9 Å². The molecular weight excluding hydrogens is 176 g/mol. The van der Waals surface area contributed by atoms with Crippen LogP contribution in [0.4, 0.5) is 0 Å². The molecule has 0 aliphatic heterocycles. The first-order chi connectivity index (χ1) is 5.54. The number of carbonyl (C=O) groups excluding carboxylic acids is 1. The van der Waals surface area contributed by atoms with Gasteiger partial charge in [0.1, 0.15) is 0 Å². The number of carboxylic acids is 1. The Kier molecular flexibility index (Phi) is 17.1. The number of ether oxygens (including phenoxy) is 1. The van der Waals surface area contributed by atoms with Gasteiger partial charge in [0.25, 0.3) is 0 Å². The molecule has 76 valence electrons. The van der Waals surface area contributed by atoms with Gasteiger partial charge in [0.05, 0.1) is 13.4 Å². The lowest BCUT2D eigenvalue weighted by Crippen LogP contribution is -2.06. The Morgan fingerprint density at radius 2 is 1.85 bits per heavy atom. The molecule has 0 aliphatic rings. The van der Waals surface area contributed by atoms with E-state index in [0.29, 0.717) is 6.08 Å². The number of nitrogens with two attached hydrogens (primary N) is 1. The van der Waals surface area contributed by atoms with Crippen LogP contribution in [0.5, 0.6) is 0 Å². The lowest BCUT2D eigenvalue weighted by atomic mass is 10.5. The standard InChI is InChI=1S/C4H5NO3.C3H6O.H3N/c5-3(6)1-2-4(7)8;1-3-4-2;/h1-2H,(H2,5,6)(H,7,8);3H,1H2,2H3;1H3/b2-1+;;. The molecule has 0 heterocycles. The molecule has 0 atom stereocenters. The molecule has 0 aromatic carbocycles. The summed E-state index contributed by atoms with van der Waals surface area (Å²) in [7, 11) is 1.56. The van der Waals surface area contributed by atoms with Crippen molar-refractivity contribution in [1.29, 1.82) is 0 Å². The topological polar surface area (TPSA) is 125 Å². The third-order valence-electron chi connectivity index (χ3n) is 0.557. The first kappa shape index (κ1) is 17.3. The van der Waals surface area contributed by atoms with E-state index < -0.39 is 11.9 Å². The summed E-state index contributed by atoms with van der Waals surface area (Å²) in [5.74, 6) is -1.93. The van der Waals surface area contributed by atoms with E-state index in [0.717, 1.165) is 6.08 Å². The smallest absolute Gasteiger partial charge is 0.328 e. The lowest BCUT2D eigenvalue weighted by molar-refractivity contribution is -0.131. The summed E-state index contributed by atoms with van der Waals surface area (Å²) in [4.78, 5) is 19.4. The van der Waals surface area contributed by atoms with Crippen molar-refractivity contribution in [1.82, 2.24) is 6.15 Å². The molecule has 0 aromatic rings. The molecule has 0 unspecified atom stereocenters. The van der Waals surface area contributed by atoms with Crippen LogP contribution in [0.3, 0.4) is 0 Å². The minimum absolute atomic E-state index is 0. The summed E-state index contributed by atoms with van der Waals surface area (Å²) in [6, 6.07) is 0. The van der Waals surface area contributed by atoms with Crippen molar-refractivity contribution < 1.29 is 19.4 Å². The molecule has 0 spiro atoms. The number of aliphatic carboxylic acids is 1. The molecule has 1 amide bonds. The minimum Gasteiger partial charge on any atom is -0.505 e. The average Bonchev–Trinajstić information content (AvgIpc) is 2.01. The Labute approximate surface area is 76.3 Å². The molecular formula is C7H14N2O4. The Hall–Kier alpha value is -1.82. The number of amides is 1. The van der Waals surface area contributed by atoms with E-state index >= 15 is 0 Å². The van der Waals surface area contributed by atoms with E-state index in [9.17, 15) is 9.59 Å². The van der Waals surface area contributed by atoms with Crippen LogP contribution in [0.1, 0.15) is 0 Å². The maximum Gasteiger partial charge on any atom is 0.328 e. The minimum atomic E-state index is -1.18. The molecule has 0 bridgehead atoms. The van der Waals surface area contributed by atoms with Crippen molar-refractivity contribution in [3.63, 3.8) is 0 Å². The summed E-state index contributed by atoms with van der Waals surface area (Å²) in [5, 5.41) is 7.87. The van der Waals surface area contributed by atoms with Gasteiger partial charge >= 0.3 is 5.97 Å². The molecule has 0 radical (unpaired) electrons. The van der Waals surface area contributed by atoms with E-state index in [2.05, 4.69) is 17.0 Å². The highest BCUT2D eigenvalue weighted by atomic mass is 16.5. The summed E-state index contributed by atoms with van der Waals surface area (Å²) < 4.78 is 4.31. The predicted octanol–water partition coefficient (Wildman–Crippen LogP) is 0.0508. The molecule has 0 aromatic heterocycles. The maximum atomic E-state index is 9.78. The molecule has 0 saturated heterocycles. The molecule has 0 fully saturated rings. The summed E-state index contributed by atoms with van der Waals surface area (Å²) in [5.41, 5.74) is 4.55. The monoisotopic (exact) mass is 190 g/mol. The third-order valence-corrected chi connectivity index (χ3v) is 0.557. The SMILES string of the molecule is C=COC.N.NC(=O)/C=C/C(=O)O. The molecule has 0 aliphatic carbocycles. The maximum absolute atomic E-state index is 9.78. The lowest BCUT2D eigenvalue weighted by Gasteiger charge is -1.75. The largest absolute Gasteiger partial charge is 0.505 e. The molecule has 0 rings (SSSR count). The van der Waals surface area contributed by atoms with E-state index in [1.54, 1.807) is 7.11 Å². The summed E-state index contributed by atoms with van der Waals surface area (Å²) in [6.45, 7) is 3.26. The van der Waals surface area contributed by atoms with Crippen LogP contribution >= 0.6 is 0 Å². The number of hydrogen-bond donors (Lipinski definition) is 3. The Bertz CT molecular complexity index is 173. The fourth-order valence-electron chi connectivity index (χ4n) is 0.153. The highest BCUT2D eigenvalue weighted by molar-refractivity contribution is 5.92. The number of methoxy groups -OCH3 is 1. The Morgan fingerprint density at radius 1 is 1.46 bits per heavy atom. The molecule has 0 saturated carbocycles. The fraction of sp³-hybridized carbons (Fsp3) is 0.143. The third kappa shape index (κ3) is 39.0. The van der Waals surface area contributed by atoms with Crippen molar-refractivity contribution in [2.45, 2.75) is 0 Å². The van der Waals surface area contributed by atoms with Gasteiger partial charge in [-0.1, -0.05) is 6.58 Å². The molecule has 6 N–H and O–H groups in total. The van der Waals surface area contributed by atoms with Crippen molar-refractivity contribution in [3.05, 3.63) is 25.0 Å². The van der Waals surface area contributed by atoms with Gasteiger partial charge in [-0.2, -0.15) is 0 Å². The van der Waals surface area contributed by atoms with Crippen LogP contribution in [-0.2, 0) is 14.3 Å². The van der Waals surface area contributed by atoms with Gasteiger partial charge in [0.15, 0.2) is 0 Å². The van der Waals surface area contributed by atoms with Gasteiger partial charge in [-0.05, 0) is 0 Å². The number of primary amides is 1. The summed E-state index contributed by atoms with van der Waals surface area (Å²) >= 11 is 0. The van der Waals surface area contributed by atoms with Crippen LogP contribution in [-0.4, -0.2) is 24.1 Å². The predicted molar refractivity (Wildman–Crippen MR) is 48.2 cm³/mol. The van der Waals surface area contributed by atoms with Crippen LogP contribution in [0.15, 0.2) is 25.0 Å². The van der Waals surface area contributed by atoms with Crippen molar-refractivity contribution in [3.8, 4) is 0 Å². The van der Waals surface area contributed by atoms with Gasteiger partial charge in [-0.3, -0.25) is 4.79 Å². The second-order valence-electron chi connectivity index (χ2n) is 1.48. The van der Waals surface area contributed by atoms with Crippen molar-refractivity contribution in [2.24, 2.45) is 5.73 Å². The molecule has 13 heavy (non-hydrogen) atoms. The van der Waals surface area contributed by atoms with Crippen LogP contribution in [0, 0.1) is 0 Å². The number of hydrogen-bond acceptors (Lipinski definition) is 4. The van der Waals surface area contributed by atoms with E-state index in [-0.39, 0.29) is 6.15 Å². The quantitative estimate of drug-likeness (QED) is 0.428. The van der Waals surface area contributed by atoms with Gasteiger partial charge in [-0.25, -0.2) is 4.79 Å². The van der Waals surface area contributed by atoms with Crippen LogP contribution in [0.25, 0.3) is 0 Å². The Morgan fingerprint density at radius 3 is 1.92 bits per heavy atom. The number of carboxylic acid groups (broad SMARTS) is 1. The number of carbonyl (C=O) groups is 2. The molecule has 6 heteroatoms. The van der Waals surface area contributed by atoms with E-state index in [1.165, 1.54) is 6.26 Å². The first-order valence-electron chi connectivity index (χ1n) is 2.88. The zero-order chi connectivity index (χ0) is 9.98. The average molecular weight is 190 g/mol. The van der Waals surface area contributed by atoms with Crippen molar-refractivity contribution >= 4 is 11.9 Å². The molecule has 6 nitrogen and oxygen atoms in total. The summed E-state index contributed by atoms with van der Waals surface area (Å²) in [6.07, 6.45) is 2.84. The van der Waals surface area contributed by atoms with Gasteiger partial charge in [0, 0.05) is 12.2 Å². The highest BCUT2D eigenvalue weighted by Gasteiger charge is 1.86. The highest BCUT2D eigenvalue weighted by Crippen LogP contribution is 1.68.